The largest absolute Gasteiger partial charge is 0.496 e. The van der Waals surface area contributed by atoms with Gasteiger partial charge in [-0.05, 0) is 18.6 Å². The van der Waals surface area contributed by atoms with E-state index < -0.39 is 0 Å². The lowest BCUT2D eigenvalue weighted by atomic mass is 9.97. The number of rotatable bonds is 5. The molecule has 0 aliphatic carbocycles. The van der Waals surface area contributed by atoms with Crippen LogP contribution in [-0.4, -0.2) is 34.4 Å². The lowest BCUT2D eigenvalue weighted by Gasteiger charge is -2.15. The molecule has 0 bridgehead atoms. The molecule has 1 N–H and O–H groups in total. The number of hydrogen-bond acceptors (Lipinski definition) is 5. The van der Waals surface area contributed by atoms with E-state index in [4.69, 9.17) is 4.74 Å². The minimum Gasteiger partial charge on any atom is -0.496 e. The predicted octanol–water partition coefficient (Wildman–Crippen LogP) is 2.34. The third kappa shape index (κ3) is 4.31. The lowest BCUT2D eigenvalue weighted by molar-refractivity contribution is -0.122. The van der Waals surface area contributed by atoms with Gasteiger partial charge in [-0.15, -0.1) is 0 Å². The molecule has 1 aromatic carbocycles. The number of para-hydroxylation sites is 1. The first kappa shape index (κ1) is 18.6. The van der Waals surface area contributed by atoms with E-state index in [2.05, 4.69) is 15.4 Å². The number of Topliss-reactive ketones (excluding diaryl/α,β-unsaturated/α-hetero) is 1. The molecule has 1 aliphatic heterocycles. The number of allylic oxidation sites excluding steroid dienone is 1. The number of aromatic nitrogens is 2. The second-order valence-electron chi connectivity index (χ2n) is 6.25. The molecular formula is C20H22N4O3. The fraction of sp³-hybridized carbons (Fsp3) is 0.300. The molecule has 0 spiro atoms. The molecule has 1 amide bonds. The predicted molar refractivity (Wildman–Crippen MR) is 101 cm³/mol. The summed E-state index contributed by atoms with van der Waals surface area (Å²) in [6.07, 6.45) is 6.03. The zero-order valence-corrected chi connectivity index (χ0v) is 15.4. The molecule has 0 fully saturated rings. The van der Waals surface area contributed by atoms with Gasteiger partial charge in [0, 0.05) is 30.3 Å². The Hall–Kier alpha value is -3.22. The summed E-state index contributed by atoms with van der Waals surface area (Å²) in [6.45, 7) is 2.00. The molecule has 3 rings (SSSR count). The summed E-state index contributed by atoms with van der Waals surface area (Å²) in [5.41, 5.74) is 0.960. The number of carbonyl (C=O) groups excluding carboxylic acids is 2. The Labute approximate surface area is 157 Å². The number of amides is 1. The summed E-state index contributed by atoms with van der Waals surface area (Å²) in [4.78, 5) is 29.5. The van der Waals surface area contributed by atoms with Gasteiger partial charge in [-0.3, -0.25) is 9.59 Å². The van der Waals surface area contributed by atoms with Gasteiger partial charge in [0.2, 0.25) is 5.91 Å². The van der Waals surface area contributed by atoms with E-state index in [9.17, 15) is 9.59 Å². The van der Waals surface area contributed by atoms with Crippen LogP contribution in [0.2, 0.25) is 0 Å². The van der Waals surface area contributed by atoms with Gasteiger partial charge < -0.3 is 10.1 Å². The van der Waals surface area contributed by atoms with Gasteiger partial charge in [-0.1, -0.05) is 25.1 Å². The van der Waals surface area contributed by atoms with Gasteiger partial charge in [0.1, 0.15) is 17.3 Å². The molecule has 0 saturated carbocycles. The van der Waals surface area contributed by atoms with E-state index in [1.165, 1.54) is 6.20 Å². The summed E-state index contributed by atoms with van der Waals surface area (Å²) >= 11 is 0. The SMILES string of the molecule is CCC1CC(=O)C(NC(=O)Cc2ccccc2OC)=CN=C1n1cccn1. The number of carbonyl (C=O) groups is 2. The maximum absolute atomic E-state index is 12.6. The first-order valence-corrected chi connectivity index (χ1v) is 8.85. The zero-order chi connectivity index (χ0) is 19.2. The molecule has 1 unspecified atom stereocenters. The summed E-state index contributed by atoms with van der Waals surface area (Å²) < 4.78 is 6.93. The number of methoxy groups -OCH3 is 1. The molecule has 2 heterocycles. The van der Waals surface area contributed by atoms with Crippen LogP contribution in [0.4, 0.5) is 0 Å². The molecule has 0 radical (unpaired) electrons. The molecular weight excluding hydrogens is 344 g/mol. The molecule has 140 valence electrons. The van der Waals surface area contributed by atoms with Crippen LogP contribution in [0, 0.1) is 5.92 Å². The van der Waals surface area contributed by atoms with Gasteiger partial charge in [0.15, 0.2) is 5.78 Å². The van der Waals surface area contributed by atoms with Gasteiger partial charge in [-0.25, -0.2) is 9.67 Å². The summed E-state index contributed by atoms with van der Waals surface area (Å²) in [6, 6.07) is 9.11. The highest BCUT2D eigenvalue weighted by atomic mass is 16.5. The highest BCUT2D eigenvalue weighted by molar-refractivity contribution is 6.03. The number of ether oxygens (including phenoxy) is 1. The molecule has 1 atom stereocenters. The van der Waals surface area contributed by atoms with E-state index in [0.717, 1.165) is 12.0 Å². The third-order valence-corrected chi connectivity index (χ3v) is 4.47. The Morgan fingerprint density at radius 3 is 2.85 bits per heavy atom. The molecule has 7 nitrogen and oxygen atoms in total. The normalized spacial score (nSPS) is 17.0. The summed E-state index contributed by atoms with van der Waals surface area (Å²) in [7, 11) is 1.56. The fourth-order valence-corrected chi connectivity index (χ4v) is 3.03. The first-order valence-electron chi connectivity index (χ1n) is 8.85. The summed E-state index contributed by atoms with van der Waals surface area (Å²) in [5.74, 6) is 0.854. The van der Waals surface area contributed by atoms with Crippen molar-refractivity contribution in [3.63, 3.8) is 0 Å². The second kappa shape index (κ2) is 8.44. The topological polar surface area (TPSA) is 85.6 Å². The molecule has 27 heavy (non-hydrogen) atoms. The van der Waals surface area contributed by atoms with Crippen molar-refractivity contribution in [3.05, 3.63) is 60.2 Å². The maximum atomic E-state index is 12.6. The molecule has 1 aliphatic rings. The van der Waals surface area contributed by atoms with Crippen LogP contribution in [0.5, 0.6) is 5.75 Å². The van der Waals surface area contributed by atoms with Crippen molar-refractivity contribution >= 4 is 17.5 Å². The number of ketones is 1. The quantitative estimate of drug-likeness (QED) is 0.880. The van der Waals surface area contributed by atoms with Crippen molar-refractivity contribution in [2.24, 2.45) is 10.9 Å². The number of nitrogens with one attached hydrogen (secondary N) is 1. The van der Waals surface area contributed by atoms with Crippen LogP contribution in [-0.2, 0) is 16.0 Å². The number of benzene rings is 1. The van der Waals surface area contributed by atoms with E-state index in [1.807, 2.05) is 31.2 Å². The van der Waals surface area contributed by atoms with Crippen LogP contribution < -0.4 is 10.1 Å². The standard InChI is InChI=1S/C20H22N4O3/c1-3-14-11-17(25)16(13-21-20(14)24-10-6-9-22-24)23-19(26)12-15-7-4-5-8-18(15)27-2/h4-10,13-14H,3,11-12H2,1-2H3,(H,23,26). The van der Waals surface area contributed by atoms with E-state index in [1.54, 1.807) is 30.3 Å². The van der Waals surface area contributed by atoms with E-state index in [0.29, 0.717) is 11.6 Å². The second-order valence-corrected chi connectivity index (χ2v) is 6.25. The van der Waals surface area contributed by atoms with Crippen LogP contribution in [0.3, 0.4) is 0 Å². The Morgan fingerprint density at radius 1 is 1.33 bits per heavy atom. The molecule has 1 aromatic heterocycles. The van der Waals surface area contributed by atoms with Crippen LogP contribution in [0.1, 0.15) is 25.3 Å². The van der Waals surface area contributed by atoms with Crippen molar-refractivity contribution < 1.29 is 14.3 Å². The van der Waals surface area contributed by atoms with Gasteiger partial charge in [0.05, 0.1) is 19.7 Å². The fourth-order valence-electron chi connectivity index (χ4n) is 3.03. The van der Waals surface area contributed by atoms with Crippen molar-refractivity contribution in [2.45, 2.75) is 26.2 Å². The molecule has 2 aromatic rings. The number of aliphatic imine (C=N–C) groups is 1. The Balaban J connectivity index is 1.77. The maximum Gasteiger partial charge on any atom is 0.229 e. The van der Waals surface area contributed by atoms with Gasteiger partial charge in [0.25, 0.3) is 0 Å². The first-order chi connectivity index (χ1) is 13.1. The minimum absolute atomic E-state index is 0.0581. The lowest BCUT2D eigenvalue weighted by Crippen LogP contribution is -2.30. The Morgan fingerprint density at radius 2 is 2.15 bits per heavy atom. The van der Waals surface area contributed by atoms with Crippen LogP contribution in [0.15, 0.2) is 59.6 Å². The summed E-state index contributed by atoms with van der Waals surface area (Å²) in [5, 5.41) is 6.91. The average molecular weight is 366 g/mol. The Kier molecular flexibility index (Phi) is 5.80. The van der Waals surface area contributed by atoms with E-state index >= 15 is 0 Å². The Bertz CT molecular complexity index is 884. The molecule has 0 saturated heterocycles. The smallest absolute Gasteiger partial charge is 0.229 e. The monoisotopic (exact) mass is 366 g/mol. The highest BCUT2D eigenvalue weighted by Crippen LogP contribution is 2.20. The third-order valence-electron chi connectivity index (χ3n) is 4.47. The highest BCUT2D eigenvalue weighted by Gasteiger charge is 2.25. The van der Waals surface area contributed by atoms with Crippen LogP contribution in [0.25, 0.3) is 0 Å². The zero-order valence-electron chi connectivity index (χ0n) is 15.4. The van der Waals surface area contributed by atoms with Gasteiger partial charge >= 0.3 is 0 Å². The average Bonchev–Trinajstić information content (AvgIpc) is 3.15. The number of nitrogens with zero attached hydrogens (tertiary/aromatic N) is 3. The number of hydrogen-bond donors (Lipinski definition) is 1. The van der Waals surface area contributed by atoms with E-state index in [-0.39, 0.29) is 36.1 Å². The van der Waals surface area contributed by atoms with Gasteiger partial charge in [-0.2, -0.15) is 5.10 Å². The minimum atomic E-state index is -0.287. The van der Waals surface area contributed by atoms with Crippen LogP contribution >= 0.6 is 0 Å². The van der Waals surface area contributed by atoms with Crippen molar-refractivity contribution in [2.75, 3.05) is 7.11 Å². The van der Waals surface area contributed by atoms with Crippen molar-refractivity contribution in [3.8, 4) is 5.75 Å². The molecule has 7 heteroatoms. The van der Waals surface area contributed by atoms with Crippen molar-refractivity contribution in [1.82, 2.24) is 15.1 Å². The van der Waals surface area contributed by atoms with Crippen molar-refractivity contribution in [1.29, 1.82) is 0 Å².